The summed E-state index contributed by atoms with van der Waals surface area (Å²) in [5.41, 5.74) is 5.60. The van der Waals surface area contributed by atoms with Gasteiger partial charge in [0.05, 0.1) is 6.10 Å². The SMILES string of the molecule is O[C@H]1C2C(c3ccccc3)=C(c3ccccc3)C3C[C@H]1C[C@@H]32. The molecular weight excluding hydrogens is 268 g/mol. The van der Waals surface area contributed by atoms with E-state index in [1.54, 1.807) is 0 Å². The molecule has 5 rings (SSSR count). The lowest BCUT2D eigenvalue weighted by Gasteiger charge is -2.26. The van der Waals surface area contributed by atoms with Gasteiger partial charge >= 0.3 is 0 Å². The van der Waals surface area contributed by atoms with Crippen LogP contribution < -0.4 is 0 Å². The molecule has 2 bridgehead atoms. The van der Waals surface area contributed by atoms with E-state index in [4.69, 9.17) is 0 Å². The van der Waals surface area contributed by atoms with E-state index >= 15 is 0 Å². The topological polar surface area (TPSA) is 20.2 Å². The molecule has 0 amide bonds. The van der Waals surface area contributed by atoms with Crippen molar-refractivity contribution in [2.75, 3.05) is 0 Å². The fraction of sp³-hybridized carbons (Fsp3) is 0.333. The normalized spacial score (nSPS) is 35.4. The van der Waals surface area contributed by atoms with Crippen molar-refractivity contribution < 1.29 is 5.11 Å². The Balaban J connectivity index is 1.75. The molecule has 0 aliphatic heterocycles. The van der Waals surface area contributed by atoms with Gasteiger partial charge in [0, 0.05) is 5.92 Å². The molecule has 1 nitrogen and oxygen atoms in total. The zero-order valence-corrected chi connectivity index (χ0v) is 12.5. The Labute approximate surface area is 131 Å². The number of aliphatic hydroxyl groups is 1. The van der Waals surface area contributed by atoms with Crippen molar-refractivity contribution in [1.82, 2.24) is 0 Å². The zero-order chi connectivity index (χ0) is 14.7. The first-order valence-electron chi connectivity index (χ1n) is 8.37. The highest BCUT2D eigenvalue weighted by molar-refractivity contribution is 5.96. The molecule has 22 heavy (non-hydrogen) atoms. The number of hydrogen-bond acceptors (Lipinski definition) is 1. The summed E-state index contributed by atoms with van der Waals surface area (Å²) >= 11 is 0. The van der Waals surface area contributed by atoms with Crippen LogP contribution in [0.1, 0.15) is 24.0 Å². The van der Waals surface area contributed by atoms with Gasteiger partial charge in [-0.25, -0.2) is 0 Å². The summed E-state index contributed by atoms with van der Waals surface area (Å²) in [6, 6.07) is 21.6. The average Bonchev–Trinajstić information content (AvgIpc) is 3.18. The van der Waals surface area contributed by atoms with E-state index in [-0.39, 0.29) is 6.10 Å². The van der Waals surface area contributed by atoms with Crippen molar-refractivity contribution >= 4 is 11.1 Å². The lowest BCUT2D eigenvalue weighted by atomic mass is 9.81. The molecule has 2 unspecified atom stereocenters. The van der Waals surface area contributed by atoms with Crippen LogP contribution in [0.5, 0.6) is 0 Å². The van der Waals surface area contributed by atoms with E-state index < -0.39 is 0 Å². The molecule has 1 N–H and O–H groups in total. The fourth-order valence-electron chi connectivity index (χ4n) is 5.38. The minimum atomic E-state index is -0.141. The summed E-state index contributed by atoms with van der Waals surface area (Å²) in [5.74, 6) is 2.17. The van der Waals surface area contributed by atoms with Crippen LogP contribution in [-0.4, -0.2) is 11.2 Å². The number of hydrogen-bond donors (Lipinski definition) is 1. The quantitative estimate of drug-likeness (QED) is 0.876. The van der Waals surface area contributed by atoms with Crippen LogP contribution in [0.4, 0.5) is 0 Å². The molecule has 110 valence electrons. The Bertz CT molecular complexity index is 731. The fourth-order valence-corrected chi connectivity index (χ4v) is 5.38. The summed E-state index contributed by atoms with van der Waals surface area (Å²) in [5, 5.41) is 10.8. The summed E-state index contributed by atoms with van der Waals surface area (Å²) in [7, 11) is 0. The second-order valence-corrected chi connectivity index (χ2v) is 7.08. The van der Waals surface area contributed by atoms with E-state index in [0.717, 1.165) is 0 Å². The summed E-state index contributed by atoms with van der Waals surface area (Å²) in [4.78, 5) is 0. The number of fused-ring (bicyclic) bond motifs is 1. The van der Waals surface area contributed by atoms with Crippen LogP contribution in [0.2, 0.25) is 0 Å². The van der Waals surface area contributed by atoms with Gasteiger partial charge in [-0.15, -0.1) is 0 Å². The smallest absolute Gasteiger partial charge is 0.0640 e. The van der Waals surface area contributed by atoms with E-state index in [1.165, 1.54) is 35.1 Å². The molecule has 3 aliphatic carbocycles. The standard InChI is InChI=1S/C21H20O/c22-21-15-11-16-17(12-15)20(21)19(14-9-5-2-6-10-14)18(16)13-7-3-1-4-8-13/h1-10,15-17,20-22H,11-12H2/t15-,16?,17-,20?,21+/m0/s1. The van der Waals surface area contributed by atoms with Crippen molar-refractivity contribution in [2.45, 2.75) is 18.9 Å². The maximum atomic E-state index is 10.8. The molecule has 2 aromatic carbocycles. The van der Waals surface area contributed by atoms with Crippen LogP contribution in [0.15, 0.2) is 60.7 Å². The zero-order valence-electron chi connectivity index (χ0n) is 12.5. The first-order chi connectivity index (χ1) is 10.8. The Hall–Kier alpha value is -1.86. The molecule has 2 saturated carbocycles. The molecule has 1 heteroatoms. The molecule has 0 heterocycles. The van der Waals surface area contributed by atoms with E-state index in [0.29, 0.717) is 23.7 Å². The van der Waals surface area contributed by atoms with E-state index in [2.05, 4.69) is 60.7 Å². The minimum Gasteiger partial charge on any atom is -0.392 e. The Kier molecular flexibility index (Phi) is 2.63. The second kappa shape index (κ2) is 4.57. The maximum absolute atomic E-state index is 10.8. The number of allylic oxidation sites excluding steroid dienone is 1. The van der Waals surface area contributed by atoms with Gasteiger partial charge in [0.2, 0.25) is 0 Å². The minimum absolute atomic E-state index is 0.141. The molecular formula is C21H20O. The van der Waals surface area contributed by atoms with Crippen LogP contribution in [0, 0.1) is 23.7 Å². The maximum Gasteiger partial charge on any atom is 0.0640 e. The van der Waals surface area contributed by atoms with Gasteiger partial charge in [-0.3, -0.25) is 0 Å². The lowest BCUT2D eigenvalue weighted by molar-refractivity contribution is 0.0801. The summed E-state index contributed by atoms with van der Waals surface area (Å²) in [6.07, 6.45) is 2.24. The lowest BCUT2D eigenvalue weighted by Crippen LogP contribution is -2.27. The molecule has 2 aromatic rings. The highest BCUT2D eigenvalue weighted by atomic mass is 16.3. The molecule has 2 fully saturated rings. The van der Waals surface area contributed by atoms with Crippen molar-refractivity contribution in [1.29, 1.82) is 0 Å². The van der Waals surface area contributed by atoms with E-state index in [9.17, 15) is 5.11 Å². The van der Waals surface area contributed by atoms with Crippen molar-refractivity contribution in [2.24, 2.45) is 23.7 Å². The summed E-state index contributed by atoms with van der Waals surface area (Å²) in [6.45, 7) is 0. The van der Waals surface area contributed by atoms with Crippen LogP contribution >= 0.6 is 0 Å². The van der Waals surface area contributed by atoms with Crippen molar-refractivity contribution in [3.05, 3.63) is 71.8 Å². The third-order valence-electron chi connectivity index (χ3n) is 6.12. The first kappa shape index (κ1) is 12.7. The molecule has 0 aromatic heterocycles. The third-order valence-corrected chi connectivity index (χ3v) is 6.12. The van der Waals surface area contributed by atoms with Gasteiger partial charge in [0.25, 0.3) is 0 Å². The van der Waals surface area contributed by atoms with Gasteiger partial charge in [0.15, 0.2) is 0 Å². The number of rotatable bonds is 2. The second-order valence-electron chi connectivity index (χ2n) is 7.08. The molecule has 0 spiro atoms. The Morgan fingerprint density at radius 1 is 0.727 bits per heavy atom. The number of aliphatic hydroxyl groups excluding tert-OH is 1. The highest BCUT2D eigenvalue weighted by Crippen LogP contribution is 2.66. The van der Waals surface area contributed by atoms with Gasteiger partial charge in [0.1, 0.15) is 0 Å². The monoisotopic (exact) mass is 288 g/mol. The molecule has 5 atom stereocenters. The van der Waals surface area contributed by atoms with Crippen molar-refractivity contribution in [3.63, 3.8) is 0 Å². The average molecular weight is 288 g/mol. The summed E-state index contributed by atoms with van der Waals surface area (Å²) < 4.78 is 0. The molecule has 0 saturated heterocycles. The Morgan fingerprint density at radius 3 is 1.91 bits per heavy atom. The van der Waals surface area contributed by atoms with Gasteiger partial charge < -0.3 is 5.11 Å². The largest absolute Gasteiger partial charge is 0.392 e. The first-order valence-corrected chi connectivity index (χ1v) is 8.37. The predicted octanol–water partition coefficient (Wildman–Crippen LogP) is 4.24. The Morgan fingerprint density at radius 2 is 1.32 bits per heavy atom. The van der Waals surface area contributed by atoms with Gasteiger partial charge in [-0.05, 0) is 52.9 Å². The van der Waals surface area contributed by atoms with Crippen LogP contribution in [-0.2, 0) is 0 Å². The van der Waals surface area contributed by atoms with Gasteiger partial charge in [-0.2, -0.15) is 0 Å². The van der Waals surface area contributed by atoms with E-state index in [1.807, 2.05) is 0 Å². The van der Waals surface area contributed by atoms with Gasteiger partial charge in [-0.1, -0.05) is 60.7 Å². The van der Waals surface area contributed by atoms with Crippen molar-refractivity contribution in [3.8, 4) is 0 Å². The molecule has 0 radical (unpaired) electrons. The third kappa shape index (κ3) is 1.58. The van der Waals surface area contributed by atoms with Crippen LogP contribution in [0.25, 0.3) is 11.1 Å². The predicted molar refractivity (Wildman–Crippen MR) is 88.9 cm³/mol. The number of benzene rings is 2. The molecule has 3 aliphatic rings. The van der Waals surface area contributed by atoms with Crippen LogP contribution in [0.3, 0.4) is 0 Å². The highest BCUT2D eigenvalue weighted by Gasteiger charge is 2.59.